The highest BCUT2D eigenvalue weighted by molar-refractivity contribution is 7.17. The Balaban J connectivity index is 1.76. The highest BCUT2D eigenvalue weighted by Crippen LogP contribution is 2.30. The number of nitrogens with zero attached hydrogens (tertiary/aromatic N) is 4. The van der Waals surface area contributed by atoms with Crippen LogP contribution in [0.1, 0.15) is 56.7 Å². The van der Waals surface area contributed by atoms with E-state index >= 15 is 0 Å². The van der Waals surface area contributed by atoms with Gasteiger partial charge in [0.25, 0.3) is 11.8 Å². The van der Waals surface area contributed by atoms with Crippen LogP contribution in [0.5, 0.6) is 0 Å². The van der Waals surface area contributed by atoms with Crippen LogP contribution in [0.2, 0.25) is 5.15 Å². The van der Waals surface area contributed by atoms with Gasteiger partial charge in [0.1, 0.15) is 4.88 Å². The Labute approximate surface area is 206 Å². The quantitative estimate of drug-likeness (QED) is 0.513. The lowest BCUT2D eigenvalue weighted by Crippen LogP contribution is -2.55. The van der Waals surface area contributed by atoms with Gasteiger partial charge in [-0.3, -0.25) is 9.59 Å². The van der Waals surface area contributed by atoms with Gasteiger partial charge in [0.2, 0.25) is 0 Å². The smallest absolute Gasteiger partial charge is 0.350 e. The van der Waals surface area contributed by atoms with Gasteiger partial charge in [0, 0.05) is 34.3 Å². The third-order valence-electron chi connectivity index (χ3n) is 5.43. The van der Waals surface area contributed by atoms with Crippen molar-refractivity contribution in [3.63, 3.8) is 0 Å². The molecule has 3 heterocycles. The summed E-state index contributed by atoms with van der Waals surface area (Å²) in [6.07, 6.45) is 0.847. The van der Waals surface area contributed by atoms with Crippen molar-refractivity contribution in [2.24, 2.45) is 0 Å². The van der Waals surface area contributed by atoms with Crippen LogP contribution in [-0.4, -0.2) is 90.7 Å². The van der Waals surface area contributed by atoms with Crippen LogP contribution in [0.15, 0.2) is 0 Å². The largest absolute Gasteiger partial charge is 0.462 e. The molecular weight excluding hydrogens is 484 g/mol. The number of aryl methyl sites for hydroxylation is 1. The van der Waals surface area contributed by atoms with E-state index in [4.69, 9.17) is 21.1 Å². The molecular formula is C21H29ClN6O5S. The molecule has 0 radical (unpaired) electrons. The third-order valence-corrected chi connectivity index (χ3v) is 6.84. The number of H-pyrrole nitrogens is 1. The molecule has 2 aromatic rings. The van der Waals surface area contributed by atoms with Crippen molar-refractivity contribution in [2.45, 2.75) is 38.8 Å². The molecule has 34 heavy (non-hydrogen) atoms. The number of hydrogen-bond donors (Lipinski definition) is 2. The molecule has 0 bridgehead atoms. The number of rotatable bonds is 8. The molecule has 2 N–H and O–H groups in total. The Hall–Kier alpha value is -2.70. The van der Waals surface area contributed by atoms with Crippen molar-refractivity contribution < 1.29 is 23.9 Å². The summed E-state index contributed by atoms with van der Waals surface area (Å²) >= 11 is 7.17. The normalized spacial score (nSPS) is 18.0. The minimum Gasteiger partial charge on any atom is -0.462 e. The predicted octanol–water partition coefficient (Wildman–Crippen LogP) is 1.98. The van der Waals surface area contributed by atoms with Gasteiger partial charge in [-0.1, -0.05) is 29.9 Å². The summed E-state index contributed by atoms with van der Waals surface area (Å²) < 4.78 is 10.8. The number of esters is 1. The van der Waals surface area contributed by atoms with Crippen molar-refractivity contribution in [3.05, 3.63) is 27.2 Å². The number of ether oxygens (including phenoxy) is 2. The number of amides is 2. The fourth-order valence-corrected chi connectivity index (χ4v) is 4.85. The van der Waals surface area contributed by atoms with Gasteiger partial charge < -0.3 is 29.6 Å². The van der Waals surface area contributed by atoms with Crippen LogP contribution < -0.4 is 10.2 Å². The minimum absolute atomic E-state index is 0.0641. The SMILES string of the molecule is CCOC(=O)c1sc(N2CCC(NC(=O)c3nc(Cl)c(CC)[nH]3)C(OC)C2)nc1C(=O)N(C)C. The highest BCUT2D eigenvalue weighted by Gasteiger charge is 2.34. The van der Waals surface area contributed by atoms with E-state index in [1.54, 1.807) is 28.1 Å². The monoisotopic (exact) mass is 512 g/mol. The lowest BCUT2D eigenvalue weighted by Gasteiger charge is -2.37. The first kappa shape index (κ1) is 25.9. The molecule has 3 rings (SSSR count). The van der Waals surface area contributed by atoms with Gasteiger partial charge in [-0.2, -0.15) is 0 Å². The Morgan fingerprint density at radius 2 is 2.03 bits per heavy atom. The second-order valence-corrected chi connectivity index (χ2v) is 9.23. The second kappa shape index (κ2) is 11.2. The number of piperidine rings is 1. The Kier molecular flexibility index (Phi) is 8.50. The maximum absolute atomic E-state index is 12.7. The molecule has 186 valence electrons. The molecule has 11 nitrogen and oxygen atoms in total. The molecule has 1 aliphatic rings. The zero-order valence-electron chi connectivity index (χ0n) is 19.8. The van der Waals surface area contributed by atoms with Crippen molar-refractivity contribution in [2.75, 3.05) is 45.8 Å². The van der Waals surface area contributed by atoms with Gasteiger partial charge in [-0.25, -0.2) is 14.8 Å². The zero-order valence-corrected chi connectivity index (χ0v) is 21.4. The first-order chi connectivity index (χ1) is 16.2. The van der Waals surface area contributed by atoms with E-state index in [1.165, 1.54) is 4.90 Å². The molecule has 2 amide bonds. The zero-order chi connectivity index (χ0) is 25.0. The number of halogens is 1. The molecule has 13 heteroatoms. The molecule has 0 aromatic carbocycles. The number of aromatic nitrogens is 3. The fourth-order valence-electron chi connectivity index (χ4n) is 3.60. The molecule has 0 saturated carbocycles. The summed E-state index contributed by atoms with van der Waals surface area (Å²) in [7, 11) is 4.77. The van der Waals surface area contributed by atoms with Crippen LogP contribution in [0.3, 0.4) is 0 Å². The van der Waals surface area contributed by atoms with E-state index in [2.05, 4.69) is 20.3 Å². The van der Waals surface area contributed by atoms with E-state index in [-0.39, 0.29) is 52.1 Å². The van der Waals surface area contributed by atoms with E-state index in [9.17, 15) is 14.4 Å². The topological polar surface area (TPSA) is 130 Å². The second-order valence-electron chi connectivity index (χ2n) is 7.89. The molecule has 1 fully saturated rings. The fraction of sp³-hybridized carbons (Fsp3) is 0.571. The van der Waals surface area contributed by atoms with Crippen LogP contribution in [0.25, 0.3) is 0 Å². The number of methoxy groups -OCH3 is 1. The summed E-state index contributed by atoms with van der Waals surface area (Å²) in [5.74, 6) is -1.16. The molecule has 1 aliphatic heterocycles. The van der Waals surface area contributed by atoms with E-state index < -0.39 is 5.97 Å². The summed E-state index contributed by atoms with van der Waals surface area (Å²) in [6, 6.07) is -0.268. The van der Waals surface area contributed by atoms with Gasteiger partial charge in [-0.15, -0.1) is 0 Å². The minimum atomic E-state index is -0.578. The first-order valence-corrected chi connectivity index (χ1v) is 12.1. The number of carbonyl (C=O) groups is 3. The average molecular weight is 513 g/mol. The lowest BCUT2D eigenvalue weighted by molar-refractivity contribution is 0.0525. The van der Waals surface area contributed by atoms with E-state index in [1.807, 2.05) is 11.8 Å². The van der Waals surface area contributed by atoms with Crippen LogP contribution in [0, 0.1) is 0 Å². The highest BCUT2D eigenvalue weighted by atomic mass is 35.5. The van der Waals surface area contributed by atoms with Crippen molar-refractivity contribution in [1.82, 2.24) is 25.2 Å². The Morgan fingerprint density at radius 3 is 2.62 bits per heavy atom. The Bertz CT molecular complexity index is 1050. The van der Waals surface area contributed by atoms with E-state index in [0.29, 0.717) is 36.8 Å². The van der Waals surface area contributed by atoms with Crippen LogP contribution >= 0.6 is 22.9 Å². The van der Waals surface area contributed by atoms with Crippen molar-refractivity contribution in [3.8, 4) is 0 Å². The summed E-state index contributed by atoms with van der Waals surface area (Å²) in [5, 5.41) is 3.77. The number of hydrogen-bond acceptors (Lipinski definition) is 9. The van der Waals surface area contributed by atoms with Gasteiger partial charge in [0.05, 0.1) is 24.4 Å². The Morgan fingerprint density at radius 1 is 1.29 bits per heavy atom. The standard InChI is InChI=1S/C21H29ClN6O5S/c1-6-11-16(22)26-17(23-11)18(29)24-12-8-9-28(10-13(12)32-5)21-25-14(19(30)27(3)4)15(34-21)20(31)33-7-2/h12-13H,6-10H2,1-5H3,(H,23,26)(H,24,29). The summed E-state index contributed by atoms with van der Waals surface area (Å²) in [4.78, 5) is 52.7. The number of imidazole rings is 1. The third kappa shape index (κ3) is 5.50. The maximum atomic E-state index is 12.7. The van der Waals surface area contributed by atoms with Gasteiger partial charge in [-0.05, 0) is 19.8 Å². The molecule has 0 spiro atoms. The first-order valence-electron chi connectivity index (χ1n) is 10.9. The molecule has 0 aliphatic carbocycles. The van der Waals surface area contributed by atoms with Crippen molar-refractivity contribution in [1.29, 1.82) is 0 Å². The van der Waals surface area contributed by atoms with Gasteiger partial charge in [0.15, 0.2) is 21.8 Å². The summed E-state index contributed by atoms with van der Waals surface area (Å²) in [5.41, 5.74) is 0.767. The number of aromatic amines is 1. The van der Waals surface area contributed by atoms with Gasteiger partial charge >= 0.3 is 5.97 Å². The maximum Gasteiger partial charge on any atom is 0.350 e. The number of thiazole rings is 1. The lowest BCUT2D eigenvalue weighted by atomic mass is 10.0. The predicted molar refractivity (Wildman–Crippen MR) is 128 cm³/mol. The van der Waals surface area contributed by atoms with Crippen LogP contribution in [0.4, 0.5) is 5.13 Å². The number of carbonyl (C=O) groups excluding carboxylic acids is 3. The average Bonchev–Trinajstić information content (AvgIpc) is 3.42. The molecule has 2 atom stereocenters. The number of anilines is 1. The van der Waals surface area contributed by atoms with Crippen LogP contribution in [-0.2, 0) is 15.9 Å². The molecule has 1 saturated heterocycles. The van der Waals surface area contributed by atoms with E-state index in [0.717, 1.165) is 11.3 Å². The van der Waals surface area contributed by atoms with Crippen molar-refractivity contribution >= 4 is 45.9 Å². The summed E-state index contributed by atoms with van der Waals surface area (Å²) in [6.45, 7) is 4.76. The molecule has 2 unspecified atom stereocenters. The molecule has 2 aromatic heterocycles. The number of nitrogens with one attached hydrogen (secondary N) is 2.